The fraction of sp³-hybridized carbons (Fsp3) is 0.467. The van der Waals surface area contributed by atoms with Gasteiger partial charge < -0.3 is 0 Å². The first-order valence-corrected chi connectivity index (χ1v) is 7.32. The molecule has 0 aromatic heterocycles. The summed E-state index contributed by atoms with van der Waals surface area (Å²) in [4.78, 5) is 12.4. The van der Waals surface area contributed by atoms with Crippen LogP contribution in [0.15, 0.2) is 12.1 Å². The van der Waals surface area contributed by atoms with E-state index in [0.29, 0.717) is 14.1 Å². The monoisotopic (exact) mass is 255 g/mol. The van der Waals surface area contributed by atoms with Crippen molar-refractivity contribution >= 4 is 33.0 Å². The van der Waals surface area contributed by atoms with Gasteiger partial charge >= 0.3 is 18.9 Å². The molecule has 1 aliphatic carbocycles. The molecule has 1 nitrogen and oxygen atoms in total. The Morgan fingerprint density at radius 1 is 1.06 bits per heavy atom. The summed E-state index contributed by atoms with van der Waals surface area (Å²) in [6.07, 6.45) is 4.91. The van der Waals surface area contributed by atoms with Gasteiger partial charge in [0.05, 0.1) is 0 Å². The van der Waals surface area contributed by atoms with Gasteiger partial charge in [-0.3, -0.25) is 4.79 Å². The van der Waals surface area contributed by atoms with E-state index < -0.39 is 0 Å². The van der Waals surface area contributed by atoms with Crippen LogP contribution in [-0.4, -0.2) is 24.4 Å². The summed E-state index contributed by atoms with van der Waals surface area (Å²) in [5.74, 6) is 0. The van der Waals surface area contributed by atoms with E-state index in [4.69, 9.17) is 0 Å². The Bertz CT molecular complexity index is 436. The van der Waals surface area contributed by atoms with Gasteiger partial charge in [0.2, 0.25) is 0 Å². The van der Waals surface area contributed by atoms with E-state index >= 15 is 0 Å². The third-order valence-electron chi connectivity index (χ3n) is 3.67. The second kappa shape index (κ2) is 6.90. The Labute approximate surface area is 124 Å². The summed E-state index contributed by atoms with van der Waals surface area (Å²) in [5, 5.41) is 0. The molecule has 0 heterocycles. The van der Waals surface area contributed by atoms with Gasteiger partial charge in [-0.25, -0.2) is 0 Å². The van der Waals surface area contributed by atoms with Crippen molar-refractivity contribution in [1.29, 1.82) is 0 Å². The second-order valence-corrected chi connectivity index (χ2v) is 6.38. The molecule has 1 atom stereocenters. The van der Waals surface area contributed by atoms with E-state index in [1.807, 2.05) is 6.92 Å². The van der Waals surface area contributed by atoms with Crippen molar-refractivity contribution in [1.82, 2.24) is 0 Å². The minimum absolute atomic E-state index is 0. The number of hydrogen-bond donors (Lipinski definition) is 0. The minimum atomic E-state index is 0. The number of carbonyl (C=O) groups is 1. The van der Waals surface area contributed by atoms with E-state index in [1.54, 1.807) is 0 Å². The van der Waals surface area contributed by atoms with Crippen molar-refractivity contribution < 1.29 is 4.79 Å². The van der Waals surface area contributed by atoms with Crippen LogP contribution in [0.2, 0.25) is 0 Å². The molecule has 1 aromatic rings. The Hall–Kier alpha value is -0.0826. The summed E-state index contributed by atoms with van der Waals surface area (Å²) >= 11 is 0. The van der Waals surface area contributed by atoms with Gasteiger partial charge in [0.25, 0.3) is 0 Å². The van der Waals surface area contributed by atoms with Gasteiger partial charge in [-0.2, -0.15) is 0 Å². The molecule has 3 heteroatoms. The maximum atomic E-state index is 12.4. The molecular weight excluding hydrogens is 234 g/mol. The van der Waals surface area contributed by atoms with Crippen LogP contribution in [0.3, 0.4) is 0 Å². The number of rotatable bonds is 3. The van der Waals surface area contributed by atoms with Gasteiger partial charge in [-0.05, 0) is 58.9 Å². The van der Waals surface area contributed by atoms with Gasteiger partial charge in [0.1, 0.15) is 0 Å². The zero-order chi connectivity index (χ0) is 12.4. The van der Waals surface area contributed by atoms with Crippen LogP contribution in [0.5, 0.6) is 0 Å². The molecule has 1 fully saturated rings. The predicted octanol–water partition coefficient (Wildman–Crippen LogP) is 3.89. The van der Waals surface area contributed by atoms with E-state index in [2.05, 4.69) is 26.0 Å². The third-order valence-corrected chi connectivity index (χ3v) is 5.00. The molecule has 0 bridgehead atoms. The predicted molar refractivity (Wildman–Crippen MR) is 82.2 cm³/mol. The van der Waals surface area contributed by atoms with Crippen molar-refractivity contribution in [3.63, 3.8) is 0 Å². The third kappa shape index (κ3) is 3.48. The molecule has 0 aliphatic heterocycles. The van der Waals surface area contributed by atoms with Crippen molar-refractivity contribution in [2.75, 3.05) is 0 Å². The van der Waals surface area contributed by atoms with Gasteiger partial charge in [0.15, 0.2) is 5.52 Å². The normalized spacial score (nSPS) is 16.2. The van der Waals surface area contributed by atoms with E-state index in [1.165, 1.54) is 42.5 Å². The van der Waals surface area contributed by atoms with Crippen LogP contribution < -0.4 is 0 Å². The molecule has 2 rings (SSSR count). The van der Waals surface area contributed by atoms with Gasteiger partial charge in [-0.15, -0.1) is 0 Å². The molecule has 1 saturated carbocycles. The summed E-state index contributed by atoms with van der Waals surface area (Å²) in [6, 6.07) is 4.17. The average molecular weight is 255 g/mol. The van der Waals surface area contributed by atoms with Crippen LogP contribution in [0.1, 0.15) is 52.7 Å². The van der Waals surface area contributed by atoms with E-state index in [0.717, 1.165) is 11.1 Å². The van der Waals surface area contributed by atoms with Crippen LogP contribution in [0, 0.1) is 26.4 Å². The molecule has 0 amide bonds. The summed E-state index contributed by atoms with van der Waals surface area (Å²) < 4.78 is 0. The first-order valence-electron chi connectivity index (χ1n) is 6.32. The Kier molecular flexibility index (Phi) is 6.13. The standard InChI is InChI=1S/C15H20OP.Li.H/c1-10-8-9-11(2)14(12(10)3)15(16)17-13-6-4-5-7-13;;/h8-9,17H,4-7H2,1-3H3;;. The Morgan fingerprint density at radius 3 is 2.22 bits per heavy atom. The number of carbonyl (C=O) groups excluding carboxylic acids is 1. The molecule has 18 heavy (non-hydrogen) atoms. The SMILES string of the molecule is Cc1ccc(C)c(C(=O)P[C]2CCCC2)c1C.[LiH]. The fourth-order valence-electron chi connectivity index (χ4n) is 2.45. The van der Waals surface area contributed by atoms with Crippen LogP contribution >= 0.6 is 8.58 Å². The van der Waals surface area contributed by atoms with E-state index in [-0.39, 0.29) is 18.9 Å². The topological polar surface area (TPSA) is 17.1 Å². The van der Waals surface area contributed by atoms with Crippen LogP contribution in [0.25, 0.3) is 0 Å². The number of aryl methyl sites for hydroxylation is 2. The van der Waals surface area contributed by atoms with Gasteiger partial charge in [0, 0.05) is 11.2 Å². The average Bonchev–Trinajstić information content (AvgIpc) is 2.77. The van der Waals surface area contributed by atoms with Crippen LogP contribution in [0.4, 0.5) is 0 Å². The quantitative estimate of drug-likeness (QED) is 0.591. The van der Waals surface area contributed by atoms with Crippen molar-refractivity contribution in [2.24, 2.45) is 0 Å². The van der Waals surface area contributed by atoms with Crippen molar-refractivity contribution in [3.05, 3.63) is 40.0 Å². The maximum absolute atomic E-state index is 12.4. The first kappa shape index (κ1) is 16.0. The van der Waals surface area contributed by atoms with Crippen molar-refractivity contribution in [3.8, 4) is 0 Å². The fourth-order valence-corrected chi connectivity index (χ4v) is 3.88. The molecule has 1 radical (unpaired) electrons. The van der Waals surface area contributed by atoms with Gasteiger partial charge in [-0.1, -0.05) is 25.0 Å². The summed E-state index contributed by atoms with van der Waals surface area (Å²) in [5.41, 5.74) is 6.32. The number of hydrogen-bond acceptors (Lipinski definition) is 1. The Morgan fingerprint density at radius 2 is 1.61 bits per heavy atom. The summed E-state index contributed by atoms with van der Waals surface area (Å²) in [7, 11) is 0.404. The molecule has 0 spiro atoms. The zero-order valence-corrected chi connectivity index (χ0v) is 11.9. The van der Waals surface area contributed by atoms with Crippen LogP contribution in [-0.2, 0) is 0 Å². The molecule has 1 aliphatic rings. The second-order valence-electron chi connectivity index (χ2n) is 4.96. The zero-order valence-electron chi connectivity index (χ0n) is 10.9. The van der Waals surface area contributed by atoms with Crippen molar-refractivity contribution in [2.45, 2.75) is 46.5 Å². The molecule has 93 valence electrons. The molecule has 1 aromatic carbocycles. The molecule has 0 N–H and O–H groups in total. The molecule has 0 saturated heterocycles. The Balaban J connectivity index is 0.00000162. The molecule has 1 unspecified atom stereocenters. The molecular formula is C15H21LiOP. The number of benzene rings is 1. The summed E-state index contributed by atoms with van der Waals surface area (Å²) in [6.45, 7) is 6.19. The first-order chi connectivity index (χ1) is 8.09. The van der Waals surface area contributed by atoms with E-state index in [9.17, 15) is 4.79 Å².